The van der Waals surface area contributed by atoms with Crippen molar-refractivity contribution in [3.05, 3.63) is 0 Å². The van der Waals surface area contributed by atoms with E-state index in [-0.39, 0.29) is 16.7 Å². The van der Waals surface area contributed by atoms with Crippen molar-refractivity contribution in [1.29, 1.82) is 0 Å². The molecule has 0 bridgehead atoms. The molecule has 22 heavy (non-hydrogen) atoms. The number of amides is 1. The maximum Gasteiger partial charge on any atom is 0.243 e. The quantitative estimate of drug-likeness (QED) is 0.690. The highest BCUT2D eigenvalue weighted by molar-refractivity contribution is 5.98. The molecule has 0 unspecified atom stereocenters. The number of fused-ring (bicyclic) bond motifs is 5. The van der Waals surface area contributed by atoms with Gasteiger partial charge in [-0.3, -0.25) is 9.59 Å². The van der Waals surface area contributed by atoms with Crippen LogP contribution in [0.15, 0.2) is 5.10 Å². The molecule has 0 saturated heterocycles. The number of carbonyl (C=O) groups excluding carboxylic acids is 2. The van der Waals surface area contributed by atoms with Crippen LogP contribution in [0.25, 0.3) is 0 Å². The lowest BCUT2D eigenvalue weighted by Crippen LogP contribution is -2.55. The van der Waals surface area contributed by atoms with Gasteiger partial charge in [-0.05, 0) is 49.9 Å². The fourth-order valence-electron chi connectivity index (χ4n) is 6.12. The van der Waals surface area contributed by atoms with E-state index in [4.69, 9.17) is 0 Å². The molecule has 120 valence electrons. The molecule has 3 fully saturated rings. The van der Waals surface area contributed by atoms with E-state index in [1.807, 2.05) is 0 Å². The molecule has 4 rings (SSSR count). The van der Waals surface area contributed by atoms with Crippen LogP contribution in [-0.2, 0) is 9.59 Å². The van der Waals surface area contributed by atoms with Crippen molar-refractivity contribution >= 4 is 17.4 Å². The number of rotatable bonds is 0. The topological polar surface area (TPSA) is 49.7 Å². The standard InChI is InChI=1S/C18H26N2O2/c1-17-9-8-13-11(12(17)5-7-15(17)21)4-6-14-18(13,2)10-16(22)20(3)19-14/h11-13H,4-10H2,1-3H3/t11-,12-,13-,17-,18+/m0/s1. The highest BCUT2D eigenvalue weighted by atomic mass is 16.2. The van der Waals surface area contributed by atoms with Crippen LogP contribution in [0.3, 0.4) is 0 Å². The highest BCUT2D eigenvalue weighted by Crippen LogP contribution is 2.62. The predicted molar refractivity (Wildman–Crippen MR) is 84.2 cm³/mol. The second-order valence-corrected chi connectivity index (χ2v) is 8.39. The lowest BCUT2D eigenvalue weighted by Gasteiger charge is -2.56. The first kappa shape index (κ1) is 14.4. The van der Waals surface area contributed by atoms with Crippen LogP contribution in [0.5, 0.6) is 0 Å². The average Bonchev–Trinajstić information content (AvgIpc) is 2.77. The van der Waals surface area contributed by atoms with E-state index < -0.39 is 0 Å². The zero-order valence-electron chi connectivity index (χ0n) is 13.9. The number of hydrazone groups is 1. The third-order valence-electron chi connectivity index (χ3n) is 7.49. The van der Waals surface area contributed by atoms with E-state index in [0.717, 1.165) is 38.5 Å². The summed E-state index contributed by atoms with van der Waals surface area (Å²) in [6.45, 7) is 4.46. The van der Waals surface area contributed by atoms with Crippen molar-refractivity contribution in [3.63, 3.8) is 0 Å². The maximum absolute atomic E-state index is 12.4. The Bertz CT molecular complexity index is 584. The van der Waals surface area contributed by atoms with E-state index in [0.29, 0.717) is 30.0 Å². The van der Waals surface area contributed by atoms with Crippen LogP contribution in [0, 0.1) is 28.6 Å². The Morgan fingerprint density at radius 3 is 2.55 bits per heavy atom. The van der Waals surface area contributed by atoms with E-state index in [9.17, 15) is 9.59 Å². The van der Waals surface area contributed by atoms with Crippen molar-refractivity contribution in [2.75, 3.05) is 7.05 Å². The van der Waals surface area contributed by atoms with Crippen molar-refractivity contribution in [2.24, 2.45) is 33.7 Å². The average molecular weight is 302 g/mol. The van der Waals surface area contributed by atoms with Crippen molar-refractivity contribution in [2.45, 2.75) is 58.8 Å². The summed E-state index contributed by atoms with van der Waals surface area (Å²) >= 11 is 0. The molecule has 1 aliphatic heterocycles. The molecule has 0 aromatic rings. The summed E-state index contributed by atoms with van der Waals surface area (Å²) in [4.78, 5) is 24.6. The summed E-state index contributed by atoms with van der Waals surface area (Å²) < 4.78 is 0. The molecule has 1 heterocycles. The lowest BCUT2D eigenvalue weighted by atomic mass is 9.49. The summed E-state index contributed by atoms with van der Waals surface area (Å²) in [5.74, 6) is 2.29. The molecule has 3 aliphatic carbocycles. The summed E-state index contributed by atoms with van der Waals surface area (Å²) in [5.41, 5.74) is 1.07. The Balaban J connectivity index is 1.71. The van der Waals surface area contributed by atoms with Crippen LogP contribution >= 0.6 is 0 Å². The van der Waals surface area contributed by atoms with Gasteiger partial charge in [0.25, 0.3) is 0 Å². The molecule has 3 saturated carbocycles. The molecule has 0 spiro atoms. The van der Waals surface area contributed by atoms with Gasteiger partial charge in [-0.2, -0.15) is 5.10 Å². The summed E-state index contributed by atoms with van der Waals surface area (Å²) in [6.07, 6.45) is 6.66. The number of ketones is 1. The number of hydrogen-bond acceptors (Lipinski definition) is 3. The van der Waals surface area contributed by atoms with Gasteiger partial charge in [0.2, 0.25) is 5.91 Å². The van der Waals surface area contributed by atoms with E-state index in [1.165, 1.54) is 10.7 Å². The van der Waals surface area contributed by atoms with Gasteiger partial charge in [-0.15, -0.1) is 0 Å². The number of Topliss-reactive ketones (excluding diaryl/α,β-unsaturated/α-hetero) is 1. The summed E-state index contributed by atoms with van der Waals surface area (Å²) in [7, 11) is 1.77. The van der Waals surface area contributed by atoms with Gasteiger partial charge in [0.05, 0.1) is 0 Å². The molecule has 4 nitrogen and oxygen atoms in total. The van der Waals surface area contributed by atoms with Crippen LogP contribution in [0.4, 0.5) is 0 Å². The summed E-state index contributed by atoms with van der Waals surface area (Å²) in [6, 6.07) is 0. The first-order chi connectivity index (χ1) is 10.4. The molecule has 4 aliphatic rings. The van der Waals surface area contributed by atoms with Crippen LogP contribution < -0.4 is 0 Å². The largest absolute Gasteiger partial charge is 0.299 e. The smallest absolute Gasteiger partial charge is 0.243 e. The molecular formula is C18H26N2O2. The lowest BCUT2D eigenvalue weighted by molar-refractivity contribution is -0.138. The van der Waals surface area contributed by atoms with E-state index in [2.05, 4.69) is 18.9 Å². The van der Waals surface area contributed by atoms with E-state index >= 15 is 0 Å². The van der Waals surface area contributed by atoms with Crippen molar-refractivity contribution in [3.8, 4) is 0 Å². The van der Waals surface area contributed by atoms with Crippen molar-refractivity contribution < 1.29 is 9.59 Å². The summed E-state index contributed by atoms with van der Waals surface area (Å²) in [5, 5.41) is 6.13. The zero-order valence-corrected chi connectivity index (χ0v) is 13.9. The molecular weight excluding hydrogens is 276 g/mol. The minimum Gasteiger partial charge on any atom is -0.299 e. The molecule has 0 aromatic heterocycles. The highest BCUT2D eigenvalue weighted by Gasteiger charge is 2.60. The third-order valence-corrected chi connectivity index (χ3v) is 7.49. The van der Waals surface area contributed by atoms with Gasteiger partial charge in [0.1, 0.15) is 5.78 Å². The SMILES string of the molecule is CN1N=C2CC[C@@H]3[C@H](CC[C@]4(C)C(=O)CC[C@@H]34)[C@@]2(C)CC1=O. The fourth-order valence-corrected chi connectivity index (χ4v) is 6.12. The monoisotopic (exact) mass is 302 g/mol. The molecule has 0 radical (unpaired) electrons. The first-order valence-electron chi connectivity index (χ1n) is 8.74. The van der Waals surface area contributed by atoms with Gasteiger partial charge in [-0.1, -0.05) is 13.8 Å². The fraction of sp³-hybridized carbons (Fsp3) is 0.833. The normalized spacial score (nSPS) is 47.7. The molecule has 4 heteroatoms. The molecule has 0 N–H and O–H groups in total. The second kappa shape index (κ2) is 4.42. The molecule has 5 atom stereocenters. The third kappa shape index (κ3) is 1.67. The Morgan fingerprint density at radius 1 is 1.05 bits per heavy atom. The van der Waals surface area contributed by atoms with Gasteiger partial charge in [0.15, 0.2) is 0 Å². The zero-order chi connectivity index (χ0) is 15.7. The van der Waals surface area contributed by atoms with Gasteiger partial charge < -0.3 is 0 Å². The second-order valence-electron chi connectivity index (χ2n) is 8.39. The van der Waals surface area contributed by atoms with Crippen LogP contribution in [0.2, 0.25) is 0 Å². The molecule has 1 amide bonds. The maximum atomic E-state index is 12.4. The number of carbonyl (C=O) groups is 2. The van der Waals surface area contributed by atoms with Gasteiger partial charge >= 0.3 is 0 Å². The number of nitrogens with zero attached hydrogens (tertiary/aromatic N) is 2. The first-order valence-corrected chi connectivity index (χ1v) is 8.74. The Kier molecular flexibility index (Phi) is 2.90. The minimum absolute atomic E-state index is 0.0700. The van der Waals surface area contributed by atoms with Gasteiger partial charge in [0, 0.05) is 36.4 Å². The minimum atomic E-state index is -0.0817. The Morgan fingerprint density at radius 2 is 1.77 bits per heavy atom. The van der Waals surface area contributed by atoms with Crippen molar-refractivity contribution in [1.82, 2.24) is 5.01 Å². The van der Waals surface area contributed by atoms with Crippen LogP contribution in [-0.4, -0.2) is 29.5 Å². The Labute approximate surface area is 132 Å². The van der Waals surface area contributed by atoms with E-state index in [1.54, 1.807) is 7.05 Å². The van der Waals surface area contributed by atoms with Crippen LogP contribution in [0.1, 0.15) is 58.8 Å². The Hall–Kier alpha value is -1.19. The molecule has 0 aromatic carbocycles. The number of hydrogen-bond donors (Lipinski definition) is 0. The van der Waals surface area contributed by atoms with Gasteiger partial charge in [-0.25, -0.2) is 5.01 Å². The predicted octanol–water partition coefficient (Wildman–Crippen LogP) is 3.02.